The van der Waals surface area contributed by atoms with Gasteiger partial charge in [0.1, 0.15) is 0 Å². The quantitative estimate of drug-likeness (QED) is 0.434. The summed E-state index contributed by atoms with van der Waals surface area (Å²) in [6.45, 7) is 8.51. The Morgan fingerprint density at radius 1 is 1.17 bits per heavy atom. The van der Waals surface area contributed by atoms with Crippen molar-refractivity contribution in [1.82, 2.24) is 10.6 Å². The van der Waals surface area contributed by atoms with Crippen LogP contribution in [0.15, 0.2) is 4.99 Å². The lowest BCUT2D eigenvalue weighted by molar-refractivity contribution is 0.559. The highest BCUT2D eigenvalue weighted by Crippen LogP contribution is 2.15. The molecule has 0 bridgehead atoms. The maximum atomic E-state index is 11.9. The van der Waals surface area contributed by atoms with Crippen LogP contribution in [0.5, 0.6) is 0 Å². The van der Waals surface area contributed by atoms with Crippen molar-refractivity contribution in [2.45, 2.75) is 45.3 Å². The molecule has 0 aliphatic carbocycles. The Kier molecular flexibility index (Phi) is 7.28. The third-order valence-corrected chi connectivity index (χ3v) is 5.25. The lowest BCUT2D eigenvalue weighted by Crippen LogP contribution is -2.42. The monoisotopic (exact) mass is 277 g/mol. The van der Waals surface area contributed by atoms with Crippen molar-refractivity contribution >= 4 is 15.8 Å². The topological polar surface area (TPSA) is 70.6 Å². The first-order valence-corrected chi connectivity index (χ1v) is 8.06. The van der Waals surface area contributed by atoms with Crippen molar-refractivity contribution in [3.8, 4) is 0 Å². The Morgan fingerprint density at radius 3 is 2.17 bits per heavy atom. The van der Waals surface area contributed by atoms with E-state index in [0.717, 1.165) is 19.4 Å². The van der Waals surface area contributed by atoms with Gasteiger partial charge in [0.15, 0.2) is 15.8 Å². The fourth-order valence-corrected chi connectivity index (χ4v) is 2.20. The van der Waals surface area contributed by atoms with Gasteiger partial charge in [-0.05, 0) is 27.2 Å². The fraction of sp³-hybridized carbons (Fsp3) is 0.917. The average molecular weight is 277 g/mol. The van der Waals surface area contributed by atoms with Crippen LogP contribution in [-0.2, 0) is 9.84 Å². The van der Waals surface area contributed by atoms with Gasteiger partial charge in [0, 0.05) is 20.1 Å². The molecule has 0 amide bonds. The van der Waals surface area contributed by atoms with Crippen molar-refractivity contribution in [2.75, 3.05) is 25.9 Å². The summed E-state index contributed by atoms with van der Waals surface area (Å²) in [7, 11) is -1.39. The minimum atomic E-state index is -3.07. The Morgan fingerprint density at radius 2 is 1.72 bits per heavy atom. The maximum absolute atomic E-state index is 11.9. The van der Waals surface area contributed by atoms with Crippen molar-refractivity contribution in [2.24, 2.45) is 4.99 Å². The molecule has 0 heterocycles. The lowest BCUT2D eigenvalue weighted by atomic mass is 10.3. The molecule has 0 saturated heterocycles. The Bertz CT molecular complexity index is 356. The molecule has 0 atom stereocenters. The Hall–Kier alpha value is -0.780. The van der Waals surface area contributed by atoms with E-state index in [4.69, 9.17) is 0 Å². The normalized spacial score (nSPS) is 13.5. The Labute approximate surface area is 111 Å². The van der Waals surface area contributed by atoms with Gasteiger partial charge in [-0.2, -0.15) is 0 Å². The highest BCUT2D eigenvalue weighted by molar-refractivity contribution is 7.92. The number of aliphatic imine (C=N–C) groups is 1. The van der Waals surface area contributed by atoms with Crippen LogP contribution in [0, 0.1) is 0 Å². The molecule has 0 aliphatic heterocycles. The van der Waals surface area contributed by atoms with Crippen LogP contribution in [0.2, 0.25) is 0 Å². The van der Waals surface area contributed by atoms with E-state index in [1.54, 1.807) is 27.8 Å². The molecular formula is C12H27N3O2S. The number of hydrogen-bond donors (Lipinski definition) is 2. The maximum Gasteiger partial charge on any atom is 0.191 e. The molecule has 0 saturated carbocycles. The molecule has 0 aromatic rings. The largest absolute Gasteiger partial charge is 0.356 e. The predicted molar refractivity (Wildman–Crippen MR) is 77.8 cm³/mol. The van der Waals surface area contributed by atoms with Crippen LogP contribution in [-0.4, -0.2) is 45.0 Å². The van der Waals surface area contributed by atoms with E-state index in [2.05, 4.69) is 22.5 Å². The third kappa shape index (κ3) is 6.23. The summed E-state index contributed by atoms with van der Waals surface area (Å²) < 4.78 is 23.1. The zero-order chi connectivity index (χ0) is 14.2. The Balaban J connectivity index is 4.10. The zero-order valence-corrected chi connectivity index (χ0v) is 13.0. The molecular weight excluding hydrogens is 250 g/mol. The second kappa shape index (κ2) is 7.61. The summed E-state index contributed by atoms with van der Waals surface area (Å²) in [5.41, 5.74) is 0. The van der Waals surface area contributed by atoms with E-state index in [1.807, 2.05) is 0 Å². The van der Waals surface area contributed by atoms with E-state index >= 15 is 0 Å². The molecule has 0 fully saturated rings. The molecule has 0 aromatic carbocycles. The number of hydrogen-bond acceptors (Lipinski definition) is 3. The minimum absolute atomic E-state index is 0.116. The van der Waals surface area contributed by atoms with Gasteiger partial charge in [-0.1, -0.05) is 13.3 Å². The summed E-state index contributed by atoms with van der Waals surface area (Å²) in [6, 6.07) is 0. The lowest BCUT2D eigenvalue weighted by Gasteiger charge is -2.19. The van der Waals surface area contributed by atoms with Gasteiger partial charge in [-0.15, -0.1) is 0 Å². The van der Waals surface area contributed by atoms with Crippen LogP contribution >= 0.6 is 0 Å². The van der Waals surface area contributed by atoms with Gasteiger partial charge >= 0.3 is 0 Å². The van der Waals surface area contributed by atoms with Gasteiger partial charge < -0.3 is 10.6 Å². The number of guanidine groups is 1. The van der Waals surface area contributed by atoms with E-state index in [9.17, 15) is 8.42 Å². The van der Waals surface area contributed by atoms with Gasteiger partial charge in [0.05, 0.1) is 10.5 Å². The molecule has 0 rings (SSSR count). The van der Waals surface area contributed by atoms with Gasteiger partial charge in [-0.25, -0.2) is 8.42 Å². The highest BCUT2D eigenvalue weighted by atomic mass is 32.2. The van der Waals surface area contributed by atoms with Crippen LogP contribution in [0.25, 0.3) is 0 Å². The van der Waals surface area contributed by atoms with Gasteiger partial charge in [0.25, 0.3) is 0 Å². The van der Waals surface area contributed by atoms with E-state index in [0.29, 0.717) is 12.5 Å². The number of nitrogens with one attached hydrogen (secondary N) is 2. The fourth-order valence-electron chi connectivity index (χ4n) is 1.21. The molecule has 0 aromatic heterocycles. The summed E-state index contributed by atoms with van der Waals surface area (Å²) in [5, 5.41) is 6.16. The first-order valence-electron chi connectivity index (χ1n) is 6.41. The number of nitrogens with zero attached hydrogens (tertiary/aromatic N) is 1. The molecule has 108 valence electrons. The van der Waals surface area contributed by atoms with E-state index in [1.165, 1.54) is 0 Å². The van der Waals surface area contributed by atoms with Gasteiger partial charge in [-0.3, -0.25) is 4.99 Å². The van der Waals surface area contributed by atoms with E-state index in [-0.39, 0.29) is 5.75 Å². The second-order valence-electron chi connectivity index (χ2n) is 5.21. The van der Waals surface area contributed by atoms with Crippen LogP contribution in [0.4, 0.5) is 0 Å². The summed E-state index contributed by atoms with van der Waals surface area (Å²) >= 11 is 0. The summed E-state index contributed by atoms with van der Waals surface area (Å²) in [6.07, 6.45) is 2.18. The summed E-state index contributed by atoms with van der Waals surface area (Å²) in [4.78, 5) is 4.04. The highest BCUT2D eigenvalue weighted by Gasteiger charge is 2.28. The second-order valence-corrected chi connectivity index (χ2v) is 8.07. The van der Waals surface area contributed by atoms with Crippen LogP contribution in [0.1, 0.15) is 40.5 Å². The molecule has 0 unspecified atom stereocenters. The van der Waals surface area contributed by atoms with E-state index < -0.39 is 14.6 Å². The third-order valence-electron chi connectivity index (χ3n) is 2.64. The molecule has 0 aliphatic rings. The van der Waals surface area contributed by atoms with Crippen molar-refractivity contribution in [1.29, 1.82) is 0 Å². The predicted octanol–water partition coefficient (Wildman–Crippen LogP) is 1.16. The first kappa shape index (κ1) is 17.2. The van der Waals surface area contributed by atoms with Crippen LogP contribution < -0.4 is 10.6 Å². The molecule has 18 heavy (non-hydrogen) atoms. The number of unbranched alkanes of at least 4 members (excludes halogenated alkanes) is 1. The molecule has 5 nitrogen and oxygen atoms in total. The SMILES string of the molecule is CCCCNC(=NC)NCCS(=O)(=O)C(C)(C)C. The molecule has 0 spiro atoms. The first-order chi connectivity index (χ1) is 8.24. The van der Waals surface area contributed by atoms with Crippen LogP contribution in [0.3, 0.4) is 0 Å². The smallest absolute Gasteiger partial charge is 0.191 e. The zero-order valence-electron chi connectivity index (χ0n) is 12.2. The minimum Gasteiger partial charge on any atom is -0.356 e. The molecule has 0 radical (unpaired) electrons. The number of sulfone groups is 1. The van der Waals surface area contributed by atoms with Crippen molar-refractivity contribution in [3.05, 3.63) is 0 Å². The van der Waals surface area contributed by atoms with Crippen molar-refractivity contribution in [3.63, 3.8) is 0 Å². The number of rotatable bonds is 6. The molecule has 6 heteroatoms. The summed E-state index contributed by atoms with van der Waals surface area (Å²) in [5.74, 6) is 0.776. The van der Waals surface area contributed by atoms with Gasteiger partial charge in [0.2, 0.25) is 0 Å². The van der Waals surface area contributed by atoms with Crippen molar-refractivity contribution < 1.29 is 8.42 Å². The molecule has 2 N–H and O–H groups in total. The average Bonchev–Trinajstić information content (AvgIpc) is 2.25. The standard InChI is InChI=1S/C12H27N3O2S/c1-6-7-8-14-11(13-5)15-9-10-18(16,17)12(2,3)4/h6-10H2,1-5H3,(H2,13,14,15).